The molecule has 0 spiro atoms. The molecule has 1 amide bonds. The number of hydrogen-bond acceptors (Lipinski definition) is 3. The second-order valence-corrected chi connectivity index (χ2v) is 8.68. The van der Waals surface area contributed by atoms with Crippen LogP contribution < -0.4 is 0 Å². The molecule has 0 saturated carbocycles. The number of carbonyl (C=O) groups excluding carboxylic acids is 1. The number of halogens is 1. The Hall–Kier alpha value is -2.17. The number of rotatable bonds is 4. The van der Waals surface area contributed by atoms with Crippen LogP contribution in [-0.2, 0) is 4.79 Å². The lowest BCUT2D eigenvalue weighted by Gasteiger charge is -2.34. The summed E-state index contributed by atoms with van der Waals surface area (Å²) in [5.74, 6) is 0.0707. The quantitative estimate of drug-likeness (QED) is 0.695. The highest BCUT2D eigenvalue weighted by molar-refractivity contribution is 6.30. The zero-order chi connectivity index (χ0) is 20.4. The van der Waals surface area contributed by atoms with Gasteiger partial charge in [-0.1, -0.05) is 60.0 Å². The van der Waals surface area contributed by atoms with Crippen LogP contribution in [0.4, 0.5) is 0 Å². The van der Waals surface area contributed by atoms with Gasteiger partial charge in [-0.25, -0.2) is 5.01 Å². The molecule has 0 aliphatic carbocycles. The Kier molecular flexibility index (Phi) is 6.02. The summed E-state index contributed by atoms with van der Waals surface area (Å²) < 4.78 is 0. The molecule has 29 heavy (non-hydrogen) atoms. The van der Waals surface area contributed by atoms with Crippen molar-refractivity contribution in [2.75, 3.05) is 13.1 Å². The summed E-state index contributed by atoms with van der Waals surface area (Å²) in [6.45, 7) is 5.71. The molecular weight excluding hydrogens is 382 g/mol. The predicted molar refractivity (Wildman–Crippen MR) is 118 cm³/mol. The van der Waals surface area contributed by atoms with E-state index in [2.05, 4.69) is 36.9 Å². The number of nitrogens with zero attached hydrogens (tertiary/aromatic N) is 3. The van der Waals surface area contributed by atoms with Crippen molar-refractivity contribution in [3.05, 3.63) is 70.2 Å². The maximum absolute atomic E-state index is 13.3. The Balaban J connectivity index is 1.61. The fourth-order valence-electron chi connectivity index (χ4n) is 4.32. The van der Waals surface area contributed by atoms with Crippen molar-refractivity contribution in [2.24, 2.45) is 5.10 Å². The molecule has 0 unspecified atom stereocenters. The highest BCUT2D eigenvalue weighted by Crippen LogP contribution is 2.34. The molecule has 0 aromatic heterocycles. The van der Waals surface area contributed by atoms with Crippen LogP contribution in [0, 0.1) is 6.92 Å². The molecule has 4 rings (SSSR count). The fourth-order valence-corrected chi connectivity index (χ4v) is 4.45. The molecule has 0 radical (unpaired) electrons. The van der Waals surface area contributed by atoms with Crippen molar-refractivity contribution in [1.29, 1.82) is 0 Å². The summed E-state index contributed by atoms with van der Waals surface area (Å²) in [5, 5.41) is 7.22. The minimum atomic E-state index is -0.0876. The second kappa shape index (κ2) is 8.68. The van der Waals surface area contributed by atoms with E-state index >= 15 is 0 Å². The van der Waals surface area contributed by atoms with Crippen molar-refractivity contribution in [3.63, 3.8) is 0 Å². The molecule has 2 heterocycles. The molecule has 1 fully saturated rings. The maximum Gasteiger partial charge on any atom is 0.257 e. The van der Waals surface area contributed by atoms with E-state index in [1.807, 2.05) is 30.3 Å². The standard InChI is InChI=1S/C24H28ClN3O/c1-17-6-5-8-20(14-17)22-15-23(19-9-11-21(25)12-10-19)28(26-22)24(29)16-27-13-4-3-7-18(27)2/h5-6,8-12,14,18,23H,3-4,7,13,15-16H2,1-2H3/t18-,23+/m1/s1. The topological polar surface area (TPSA) is 35.9 Å². The largest absolute Gasteiger partial charge is 0.292 e. The average Bonchev–Trinajstić information content (AvgIpc) is 3.16. The maximum atomic E-state index is 13.3. The first-order valence-corrected chi connectivity index (χ1v) is 10.8. The number of piperidine rings is 1. The lowest BCUT2D eigenvalue weighted by Crippen LogP contribution is -2.44. The molecule has 2 atom stereocenters. The summed E-state index contributed by atoms with van der Waals surface area (Å²) in [6.07, 6.45) is 4.28. The molecule has 2 aliphatic rings. The summed E-state index contributed by atoms with van der Waals surface area (Å²) >= 11 is 6.09. The third-order valence-electron chi connectivity index (χ3n) is 6.05. The van der Waals surface area contributed by atoms with Gasteiger partial charge in [0.25, 0.3) is 5.91 Å². The van der Waals surface area contributed by atoms with Gasteiger partial charge in [-0.15, -0.1) is 0 Å². The Labute approximate surface area is 178 Å². The van der Waals surface area contributed by atoms with Crippen LogP contribution in [0.15, 0.2) is 53.6 Å². The first-order chi connectivity index (χ1) is 14.0. The van der Waals surface area contributed by atoms with Gasteiger partial charge in [-0.05, 0) is 56.5 Å². The van der Waals surface area contributed by atoms with E-state index in [4.69, 9.17) is 16.7 Å². The molecule has 5 heteroatoms. The van der Waals surface area contributed by atoms with Crippen LogP contribution in [0.25, 0.3) is 0 Å². The number of carbonyl (C=O) groups is 1. The van der Waals surface area contributed by atoms with Gasteiger partial charge in [0.2, 0.25) is 0 Å². The first kappa shape index (κ1) is 20.1. The van der Waals surface area contributed by atoms with Gasteiger partial charge in [0.15, 0.2) is 0 Å². The monoisotopic (exact) mass is 409 g/mol. The summed E-state index contributed by atoms with van der Waals surface area (Å²) in [6, 6.07) is 16.5. The number of amides is 1. The third-order valence-corrected chi connectivity index (χ3v) is 6.30. The minimum Gasteiger partial charge on any atom is -0.292 e. The zero-order valence-electron chi connectivity index (χ0n) is 17.1. The van der Waals surface area contributed by atoms with Gasteiger partial charge in [-0.2, -0.15) is 5.10 Å². The normalized spacial score (nSPS) is 22.6. The summed E-state index contributed by atoms with van der Waals surface area (Å²) in [5.41, 5.74) is 4.32. The van der Waals surface area contributed by atoms with Gasteiger partial charge in [0.05, 0.1) is 18.3 Å². The van der Waals surface area contributed by atoms with Gasteiger partial charge < -0.3 is 0 Å². The molecule has 2 aliphatic heterocycles. The van der Waals surface area contributed by atoms with Crippen molar-refractivity contribution >= 4 is 23.2 Å². The average molecular weight is 410 g/mol. The number of aryl methyl sites for hydroxylation is 1. The van der Waals surface area contributed by atoms with E-state index in [1.165, 1.54) is 12.0 Å². The van der Waals surface area contributed by atoms with E-state index in [1.54, 1.807) is 5.01 Å². The van der Waals surface area contributed by atoms with Gasteiger partial charge in [0, 0.05) is 17.5 Å². The highest BCUT2D eigenvalue weighted by Gasteiger charge is 2.34. The van der Waals surface area contributed by atoms with Crippen molar-refractivity contribution < 1.29 is 4.79 Å². The van der Waals surface area contributed by atoms with Crippen LogP contribution in [0.3, 0.4) is 0 Å². The van der Waals surface area contributed by atoms with E-state index in [9.17, 15) is 4.79 Å². The van der Waals surface area contributed by atoms with E-state index in [-0.39, 0.29) is 11.9 Å². The van der Waals surface area contributed by atoms with Gasteiger partial charge in [0.1, 0.15) is 0 Å². The third kappa shape index (κ3) is 4.54. The highest BCUT2D eigenvalue weighted by atomic mass is 35.5. The molecule has 0 N–H and O–H groups in total. The number of likely N-dealkylation sites (tertiary alicyclic amines) is 1. The van der Waals surface area contributed by atoms with Crippen molar-refractivity contribution in [3.8, 4) is 0 Å². The smallest absolute Gasteiger partial charge is 0.257 e. The number of hydrogen-bond donors (Lipinski definition) is 0. The lowest BCUT2D eigenvalue weighted by atomic mass is 9.97. The van der Waals surface area contributed by atoms with Crippen molar-refractivity contribution in [2.45, 2.75) is 51.6 Å². The van der Waals surface area contributed by atoms with Crippen LogP contribution in [0.1, 0.15) is 55.3 Å². The lowest BCUT2D eigenvalue weighted by molar-refractivity contribution is -0.135. The Bertz CT molecular complexity index is 909. The number of benzene rings is 2. The first-order valence-electron chi connectivity index (χ1n) is 10.5. The van der Waals surface area contributed by atoms with Gasteiger partial charge >= 0.3 is 0 Å². The Morgan fingerprint density at radius 1 is 1.17 bits per heavy atom. The predicted octanol–water partition coefficient (Wildman–Crippen LogP) is 5.20. The van der Waals surface area contributed by atoms with Crippen LogP contribution in [-0.4, -0.2) is 40.7 Å². The molecule has 2 aromatic carbocycles. The minimum absolute atomic E-state index is 0.0707. The van der Waals surface area contributed by atoms with Gasteiger partial charge in [-0.3, -0.25) is 9.69 Å². The molecule has 1 saturated heterocycles. The second-order valence-electron chi connectivity index (χ2n) is 8.24. The summed E-state index contributed by atoms with van der Waals surface area (Å²) in [7, 11) is 0. The molecule has 4 nitrogen and oxygen atoms in total. The van der Waals surface area contributed by atoms with Crippen LogP contribution in [0.5, 0.6) is 0 Å². The van der Waals surface area contributed by atoms with Crippen LogP contribution >= 0.6 is 11.6 Å². The Morgan fingerprint density at radius 3 is 2.69 bits per heavy atom. The van der Waals surface area contributed by atoms with E-state index in [0.29, 0.717) is 24.0 Å². The SMILES string of the molecule is Cc1cccc(C2=NN(C(=O)CN3CCCC[C@H]3C)[C@H](c3ccc(Cl)cc3)C2)c1. The molecule has 0 bridgehead atoms. The molecular formula is C24H28ClN3O. The molecule has 2 aromatic rings. The summed E-state index contributed by atoms with van der Waals surface area (Å²) in [4.78, 5) is 15.6. The Morgan fingerprint density at radius 2 is 1.97 bits per heavy atom. The molecule has 152 valence electrons. The van der Waals surface area contributed by atoms with E-state index in [0.717, 1.165) is 36.2 Å². The van der Waals surface area contributed by atoms with Crippen LogP contribution in [0.2, 0.25) is 5.02 Å². The zero-order valence-corrected chi connectivity index (χ0v) is 17.9. The van der Waals surface area contributed by atoms with E-state index < -0.39 is 0 Å². The van der Waals surface area contributed by atoms with Crippen molar-refractivity contribution in [1.82, 2.24) is 9.91 Å². The number of hydrazone groups is 1. The fraction of sp³-hybridized carbons (Fsp3) is 0.417.